The first-order valence-corrected chi connectivity index (χ1v) is 5.90. The normalized spacial score (nSPS) is 19.0. The SMILES string of the molecule is CCC1NC(=O)N(Cc2ccc(OC)cc2)C1=O. The highest BCUT2D eigenvalue weighted by Gasteiger charge is 2.36. The van der Waals surface area contributed by atoms with Gasteiger partial charge in [-0.15, -0.1) is 0 Å². The van der Waals surface area contributed by atoms with Gasteiger partial charge in [0.25, 0.3) is 5.91 Å². The lowest BCUT2D eigenvalue weighted by Gasteiger charge is -2.13. The number of carbonyl (C=O) groups is 2. The second kappa shape index (κ2) is 5.08. The van der Waals surface area contributed by atoms with Gasteiger partial charge in [0.1, 0.15) is 11.8 Å². The second-order valence-corrected chi connectivity index (χ2v) is 4.18. The van der Waals surface area contributed by atoms with Crippen LogP contribution in [0.25, 0.3) is 0 Å². The van der Waals surface area contributed by atoms with Crippen molar-refractivity contribution >= 4 is 11.9 Å². The fourth-order valence-electron chi connectivity index (χ4n) is 1.92. The van der Waals surface area contributed by atoms with Crippen molar-refractivity contribution in [3.63, 3.8) is 0 Å². The lowest BCUT2D eigenvalue weighted by molar-refractivity contribution is -0.127. The van der Waals surface area contributed by atoms with Gasteiger partial charge in [0.05, 0.1) is 13.7 Å². The van der Waals surface area contributed by atoms with E-state index >= 15 is 0 Å². The maximum absolute atomic E-state index is 11.9. The van der Waals surface area contributed by atoms with Crippen LogP contribution in [0.4, 0.5) is 4.79 Å². The summed E-state index contributed by atoms with van der Waals surface area (Å²) in [6, 6.07) is 6.62. The van der Waals surface area contributed by atoms with Crippen molar-refractivity contribution in [2.75, 3.05) is 7.11 Å². The molecule has 18 heavy (non-hydrogen) atoms. The molecule has 0 radical (unpaired) electrons. The standard InChI is InChI=1S/C13H16N2O3/c1-3-11-12(16)15(13(17)14-11)8-9-4-6-10(18-2)7-5-9/h4-7,11H,3,8H2,1-2H3,(H,14,17). The van der Waals surface area contributed by atoms with Gasteiger partial charge in [0, 0.05) is 0 Å². The van der Waals surface area contributed by atoms with Crippen molar-refractivity contribution < 1.29 is 14.3 Å². The molecule has 3 amide bonds. The largest absolute Gasteiger partial charge is 0.497 e. The zero-order valence-corrected chi connectivity index (χ0v) is 10.5. The van der Waals surface area contributed by atoms with E-state index in [0.29, 0.717) is 13.0 Å². The van der Waals surface area contributed by atoms with Crippen molar-refractivity contribution in [1.82, 2.24) is 10.2 Å². The fraction of sp³-hybridized carbons (Fsp3) is 0.385. The van der Waals surface area contributed by atoms with Crippen molar-refractivity contribution in [1.29, 1.82) is 0 Å². The summed E-state index contributed by atoms with van der Waals surface area (Å²) in [5, 5.41) is 2.66. The molecule has 1 fully saturated rings. The summed E-state index contributed by atoms with van der Waals surface area (Å²) >= 11 is 0. The van der Waals surface area contributed by atoms with Crippen LogP contribution in [0, 0.1) is 0 Å². The molecule has 2 rings (SSSR count). The fourth-order valence-corrected chi connectivity index (χ4v) is 1.92. The Kier molecular flexibility index (Phi) is 3.50. The minimum Gasteiger partial charge on any atom is -0.497 e. The molecule has 5 nitrogen and oxygen atoms in total. The van der Waals surface area contributed by atoms with E-state index in [4.69, 9.17) is 4.74 Å². The number of hydrogen-bond donors (Lipinski definition) is 1. The third kappa shape index (κ3) is 2.30. The zero-order chi connectivity index (χ0) is 13.1. The van der Waals surface area contributed by atoms with E-state index in [2.05, 4.69) is 5.32 Å². The molecule has 1 unspecified atom stereocenters. The van der Waals surface area contributed by atoms with Crippen LogP contribution < -0.4 is 10.1 Å². The Hall–Kier alpha value is -2.04. The molecule has 1 N–H and O–H groups in total. The van der Waals surface area contributed by atoms with Crippen LogP contribution in [0.3, 0.4) is 0 Å². The molecule has 1 atom stereocenters. The van der Waals surface area contributed by atoms with E-state index in [9.17, 15) is 9.59 Å². The molecule has 0 aliphatic carbocycles. The summed E-state index contributed by atoms with van der Waals surface area (Å²) in [6.45, 7) is 2.17. The number of imide groups is 1. The lowest BCUT2D eigenvalue weighted by atomic mass is 10.2. The van der Waals surface area contributed by atoms with E-state index in [1.54, 1.807) is 7.11 Å². The summed E-state index contributed by atoms with van der Waals surface area (Å²) in [5.41, 5.74) is 0.899. The van der Waals surface area contributed by atoms with Gasteiger partial charge in [0.15, 0.2) is 0 Å². The number of carbonyl (C=O) groups excluding carboxylic acids is 2. The molecule has 0 bridgehead atoms. The number of methoxy groups -OCH3 is 1. The van der Waals surface area contributed by atoms with Gasteiger partial charge in [-0.3, -0.25) is 9.69 Å². The molecular weight excluding hydrogens is 232 g/mol. The molecule has 0 aromatic heterocycles. The monoisotopic (exact) mass is 248 g/mol. The Labute approximate surface area is 106 Å². The van der Waals surface area contributed by atoms with Gasteiger partial charge in [-0.05, 0) is 24.1 Å². The minimum atomic E-state index is -0.379. The van der Waals surface area contributed by atoms with Gasteiger partial charge in [-0.1, -0.05) is 19.1 Å². The van der Waals surface area contributed by atoms with Gasteiger partial charge >= 0.3 is 6.03 Å². The Morgan fingerprint density at radius 3 is 2.44 bits per heavy atom. The smallest absolute Gasteiger partial charge is 0.325 e. The van der Waals surface area contributed by atoms with Gasteiger partial charge in [-0.2, -0.15) is 0 Å². The first-order chi connectivity index (χ1) is 8.65. The first kappa shape index (κ1) is 12.4. The highest BCUT2D eigenvalue weighted by molar-refractivity contribution is 6.04. The molecule has 96 valence electrons. The first-order valence-electron chi connectivity index (χ1n) is 5.90. The van der Waals surface area contributed by atoms with E-state index in [1.165, 1.54) is 4.90 Å². The molecule has 1 aliphatic heterocycles. The Morgan fingerprint density at radius 2 is 1.94 bits per heavy atom. The molecule has 1 aliphatic rings. The summed E-state index contributed by atoms with van der Waals surface area (Å²) < 4.78 is 5.06. The lowest BCUT2D eigenvalue weighted by Crippen LogP contribution is -2.30. The van der Waals surface area contributed by atoms with Crippen LogP contribution in [0.1, 0.15) is 18.9 Å². The predicted molar refractivity (Wildman–Crippen MR) is 66.2 cm³/mol. The van der Waals surface area contributed by atoms with Crippen LogP contribution in [-0.4, -0.2) is 30.0 Å². The van der Waals surface area contributed by atoms with Crippen LogP contribution in [-0.2, 0) is 11.3 Å². The average molecular weight is 248 g/mol. The molecule has 0 saturated carbocycles. The summed E-state index contributed by atoms with van der Waals surface area (Å²) in [5.74, 6) is 0.598. The van der Waals surface area contributed by atoms with Crippen LogP contribution >= 0.6 is 0 Å². The molecular formula is C13H16N2O3. The molecule has 0 spiro atoms. The van der Waals surface area contributed by atoms with Crippen LogP contribution in [0.5, 0.6) is 5.75 Å². The quantitative estimate of drug-likeness (QED) is 0.822. The van der Waals surface area contributed by atoms with Crippen molar-refractivity contribution in [2.24, 2.45) is 0 Å². The number of hydrogen-bond acceptors (Lipinski definition) is 3. The number of benzene rings is 1. The minimum absolute atomic E-state index is 0.154. The molecule has 1 heterocycles. The highest BCUT2D eigenvalue weighted by atomic mass is 16.5. The summed E-state index contributed by atoms with van der Waals surface area (Å²) in [4.78, 5) is 24.8. The molecule has 5 heteroatoms. The van der Waals surface area contributed by atoms with Gasteiger partial charge in [-0.25, -0.2) is 4.79 Å². The van der Waals surface area contributed by atoms with Crippen molar-refractivity contribution in [3.8, 4) is 5.75 Å². The van der Waals surface area contributed by atoms with Crippen molar-refractivity contribution in [3.05, 3.63) is 29.8 Å². The number of rotatable bonds is 4. The zero-order valence-electron chi connectivity index (χ0n) is 10.5. The van der Waals surface area contributed by atoms with Crippen molar-refractivity contribution in [2.45, 2.75) is 25.9 Å². The van der Waals surface area contributed by atoms with E-state index < -0.39 is 0 Å². The van der Waals surface area contributed by atoms with E-state index in [0.717, 1.165) is 11.3 Å². The number of ether oxygens (including phenoxy) is 1. The number of amides is 3. The number of nitrogens with one attached hydrogen (secondary N) is 1. The Bertz CT molecular complexity index is 456. The van der Waals surface area contributed by atoms with Crippen LogP contribution in [0.15, 0.2) is 24.3 Å². The number of urea groups is 1. The van der Waals surface area contributed by atoms with Crippen LogP contribution in [0.2, 0.25) is 0 Å². The maximum atomic E-state index is 11.9. The van der Waals surface area contributed by atoms with E-state index in [-0.39, 0.29) is 18.0 Å². The number of nitrogens with zero attached hydrogens (tertiary/aromatic N) is 1. The third-order valence-electron chi connectivity index (χ3n) is 3.01. The second-order valence-electron chi connectivity index (χ2n) is 4.18. The van der Waals surface area contributed by atoms with Gasteiger partial charge < -0.3 is 10.1 Å². The Balaban J connectivity index is 2.08. The molecule has 1 saturated heterocycles. The maximum Gasteiger partial charge on any atom is 0.325 e. The topological polar surface area (TPSA) is 58.6 Å². The highest BCUT2D eigenvalue weighted by Crippen LogP contribution is 2.16. The predicted octanol–water partition coefficient (Wildman–Crippen LogP) is 1.53. The molecule has 1 aromatic carbocycles. The van der Waals surface area contributed by atoms with E-state index in [1.807, 2.05) is 31.2 Å². The van der Waals surface area contributed by atoms with Gasteiger partial charge in [0.2, 0.25) is 0 Å². The summed E-state index contributed by atoms with van der Waals surface area (Å²) in [7, 11) is 1.60. The third-order valence-corrected chi connectivity index (χ3v) is 3.01. The molecule has 1 aromatic rings. The summed E-state index contributed by atoms with van der Waals surface area (Å²) in [6.07, 6.45) is 0.615. The Morgan fingerprint density at radius 1 is 1.28 bits per heavy atom. The average Bonchev–Trinajstić information content (AvgIpc) is 2.67.